The van der Waals surface area contributed by atoms with Crippen LogP contribution in [-0.4, -0.2) is 36.7 Å². The van der Waals surface area contributed by atoms with Gasteiger partial charge in [-0.2, -0.15) is 0 Å². The Morgan fingerprint density at radius 1 is 1.33 bits per heavy atom. The quantitative estimate of drug-likeness (QED) is 0.930. The molecule has 1 aliphatic rings. The van der Waals surface area contributed by atoms with Gasteiger partial charge >= 0.3 is 0 Å². The molecule has 2 N–H and O–H groups in total. The molecule has 2 aromatic rings. The number of hydrogen-bond donors (Lipinski definition) is 1. The molecule has 1 aromatic carbocycles. The van der Waals surface area contributed by atoms with Crippen LogP contribution in [0.25, 0.3) is 11.3 Å². The number of nitrogens with two attached hydrogens (primary N) is 1. The van der Waals surface area contributed by atoms with Crippen molar-refractivity contribution in [3.63, 3.8) is 0 Å². The molecule has 1 unspecified atom stereocenters. The summed E-state index contributed by atoms with van der Waals surface area (Å²) in [6.07, 6.45) is 4.46. The number of nitrogens with zero attached hydrogens (tertiary/aromatic N) is 3. The third kappa shape index (κ3) is 2.56. The number of ether oxygens (including phenoxy) is 1. The van der Waals surface area contributed by atoms with Gasteiger partial charge in [0.05, 0.1) is 18.1 Å². The second kappa shape index (κ2) is 5.33. The first-order chi connectivity index (χ1) is 10.1. The van der Waals surface area contributed by atoms with Crippen LogP contribution < -0.4 is 15.4 Å². The highest BCUT2D eigenvalue weighted by Crippen LogP contribution is 2.39. The zero-order valence-electron chi connectivity index (χ0n) is 12.6. The van der Waals surface area contributed by atoms with Crippen LogP contribution in [0.3, 0.4) is 0 Å². The maximum atomic E-state index is 5.99. The molecule has 0 bridgehead atoms. The van der Waals surface area contributed by atoms with E-state index < -0.39 is 0 Å². The van der Waals surface area contributed by atoms with Gasteiger partial charge in [0, 0.05) is 32.6 Å². The van der Waals surface area contributed by atoms with Crippen molar-refractivity contribution in [2.24, 2.45) is 5.73 Å². The van der Waals surface area contributed by atoms with E-state index in [-0.39, 0.29) is 6.10 Å². The van der Waals surface area contributed by atoms with Crippen LogP contribution in [0.4, 0.5) is 5.82 Å². The fraction of sp³-hybridized carbons (Fsp3) is 0.375. The highest BCUT2D eigenvalue weighted by molar-refractivity contribution is 5.71. The number of aromatic nitrogens is 2. The summed E-state index contributed by atoms with van der Waals surface area (Å²) >= 11 is 0. The fourth-order valence-electron chi connectivity index (χ4n) is 2.62. The molecule has 0 amide bonds. The number of anilines is 1. The zero-order valence-corrected chi connectivity index (χ0v) is 12.6. The van der Waals surface area contributed by atoms with E-state index in [2.05, 4.69) is 29.0 Å². The smallest absolute Gasteiger partial charge is 0.147 e. The summed E-state index contributed by atoms with van der Waals surface area (Å²) in [5.41, 5.74) is 9.98. The normalized spacial score (nSPS) is 16.5. The number of rotatable bonds is 3. The van der Waals surface area contributed by atoms with Crippen molar-refractivity contribution in [1.82, 2.24) is 9.97 Å². The molecule has 3 rings (SSSR count). The van der Waals surface area contributed by atoms with E-state index in [4.69, 9.17) is 10.5 Å². The predicted molar refractivity (Wildman–Crippen MR) is 83.7 cm³/mol. The molecule has 2 heterocycles. The van der Waals surface area contributed by atoms with Crippen LogP contribution in [-0.2, 0) is 6.42 Å². The number of hydrogen-bond acceptors (Lipinski definition) is 5. The molecule has 0 aliphatic carbocycles. The summed E-state index contributed by atoms with van der Waals surface area (Å²) in [5, 5.41) is 0. The van der Waals surface area contributed by atoms with Crippen LogP contribution in [0.1, 0.15) is 11.1 Å². The molecule has 1 atom stereocenters. The second-order valence-electron chi connectivity index (χ2n) is 5.64. The number of fused-ring (bicyclic) bond motifs is 1. The number of benzene rings is 1. The maximum absolute atomic E-state index is 5.99. The van der Waals surface area contributed by atoms with Crippen molar-refractivity contribution in [3.05, 3.63) is 35.7 Å². The minimum absolute atomic E-state index is 0.0607. The predicted octanol–water partition coefficient (Wildman–Crippen LogP) is 1.78. The summed E-state index contributed by atoms with van der Waals surface area (Å²) in [4.78, 5) is 10.9. The van der Waals surface area contributed by atoms with Gasteiger partial charge in [0.1, 0.15) is 17.7 Å². The van der Waals surface area contributed by atoms with Gasteiger partial charge in [-0.05, 0) is 24.1 Å². The fourth-order valence-corrected chi connectivity index (χ4v) is 2.62. The Balaban J connectivity index is 2.10. The molecule has 0 saturated carbocycles. The summed E-state index contributed by atoms with van der Waals surface area (Å²) in [5.74, 6) is 1.73. The Kier molecular flexibility index (Phi) is 3.51. The number of aryl methyl sites for hydroxylation is 1. The van der Waals surface area contributed by atoms with E-state index >= 15 is 0 Å². The van der Waals surface area contributed by atoms with Crippen LogP contribution >= 0.6 is 0 Å². The van der Waals surface area contributed by atoms with Crippen LogP contribution in [0.2, 0.25) is 0 Å². The lowest BCUT2D eigenvalue weighted by molar-refractivity contribution is 0.242. The van der Waals surface area contributed by atoms with E-state index in [0.717, 1.165) is 29.2 Å². The average molecular weight is 284 g/mol. The maximum Gasteiger partial charge on any atom is 0.147 e. The van der Waals surface area contributed by atoms with Gasteiger partial charge in [0.25, 0.3) is 0 Å². The largest absolute Gasteiger partial charge is 0.488 e. The topological polar surface area (TPSA) is 64.3 Å². The molecule has 21 heavy (non-hydrogen) atoms. The molecule has 1 aliphatic heterocycles. The summed E-state index contributed by atoms with van der Waals surface area (Å²) < 4.78 is 5.99. The van der Waals surface area contributed by atoms with E-state index in [9.17, 15) is 0 Å². The van der Waals surface area contributed by atoms with Crippen molar-refractivity contribution in [1.29, 1.82) is 0 Å². The Hall–Kier alpha value is -2.14. The summed E-state index contributed by atoms with van der Waals surface area (Å²) in [6.45, 7) is 2.61. The van der Waals surface area contributed by atoms with Crippen molar-refractivity contribution >= 4 is 5.82 Å². The van der Waals surface area contributed by atoms with Gasteiger partial charge in [-0.1, -0.05) is 6.07 Å². The summed E-state index contributed by atoms with van der Waals surface area (Å²) in [7, 11) is 3.91. The van der Waals surface area contributed by atoms with Gasteiger partial charge in [-0.3, -0.25) is 4.98 Å². The van der Waals surface area contributed by atoms with E-state index in [1.54, 1.807) is 12.4 Å². The third-order valence-electron chi connectivity index (χ3n) is 3.66. The lowest BCUT2D eigenvalue weighted by Crippen LogP contribution is -2.24. The Bertz CT molecular complexity index is 669. The molecule has 0 spiro atoms. The van der Waals surface area contributed by atoms with Crippen LogP contribution in [0.5, 0.6) is 5.75 Å². The molecule has 5 nitrogen and oxygen atoms in total. The molecule has 0 fully saturated rings. The van der Waals surface area contributed by atoms with Gasteiger partial charge < -0.3 is 15.4 Å². The first-order valence-electron chi connectivity index (χ1n) is 7.08. The minimum atomic E-state index is 0.0607. The first-order valence-corrected chi connectivity index (χ1v) is 7.08. The monoisotopic (exact) mass is 284 g/mol. The Morgan fingerprint density at radius 3 is 2.86 bits per heavy atom. The standard InChI is InChI=1S/C16H20N4O/c1-10-4-11-6-12(7-17)21-16(11)13(5-10)14-8-18-9-15(19-14)20(2)3/h4-5,8-9,12H,6-7,17H2,1-3H3. The SMILES string of the molecule is Cc1cc2c(c(-c3cncc(N(C)C)n3)c1)OC(CN)C2. The highest BCUT2D eigenvalue weighted by atomic mass is 16.5. The third-order valence-corrected chi connectivity index (χ3v) is 3.66. The van der Waals surface area contributed by atoms with Crippen LogP contribution in [0.15, 0.2) is 24.5 Å². The average Bonchev–Trinajstić information content (AvgIpc) is 2.89. The molecular weight excluding hydrogens is 264 g/mol. The van der Waals surface area contributed by atoms with Crippen molar-refractivity contribution in [2.75, 3.05) is 25.5 Å². The molecular formula is C16H20N4O. The molecule has 1 aromatic heterocycles. The lowest BCUT2D eigenvalue weighted by atomic mass is 10.0. The van der Waals surface area contributed by atoms with Crippen LogP contribution in [0, 0.1) is 6.92 Å². The second-order valence-corrected chi connectivity index (χ2v) is 5.64. The molecule has 5 heteroatoms. The molecule has 110 valence electrons. The van der Waals surface area contributed by atoms with E-state index in [1.807, 2.05) is 19.0 Å². The van der Waals surface area contributed by atoms with E-state index in [1.165, 1.54) is 11.1 Å². The summed E-state index contributed by atoms with van der Waals surface area (Å²) in [6, 6.07) is 4.26. The first kappa shape index (κ1) is 13.8. The zero-order chi connectivity index (χ0) is 15.0. The highest BCUT2D eigenvalue weighted by Gasteiger charge is 2.26. The van der Waals surface area contributed by atoms with Gasteiger partial charge in [0.15, 0.2) is 0 Å². The lowest BCUT2D eigenvalue weighted by Gasteiger charge is -2.14. The molecule has 0 radical (unpaired) electrons. The van der Waals surface area contributed by atoms with Gasteiger partial charge in [-0.15, -0.1) is 0 Å². The van der Waals surface area contributed by atoms with Crippen molar-refractivity contribution in [2.45, 2.75) is 19.4 Å². The van der Waals surface area contributed by atoms with Gasteiger partial charge in [-0.25, -0.2) is 4.98 Å². The Labute approximate surface area is 124 Å². The van der Waals surface area contributed by atoms with E-state index in [0.29, 0.717) is 6.54 Å². The van der Waals surface area contributed by atoms with Crippen molar-refractivity contribution in [3.8, 4) is 17.0 Å². The Morgan fingerprint density at radius 2 is 2.14 bits per heavy atom. The van der Waals surface area contributed by atoms with Gasteiger partial charge in [0.2, 0.25) is 0 Å². The minimum Gasteiger partial charge on any atom is -0.488 e. The van der Waals surface area contributed by atoms with Crippen molar-refractivity contribution < 1.29 is 4.74 Å². The molecule has 0 saturated heterocycles.